The Balaban J connectivity index is 2.25. The lowest BCUT2D eigenvalue weighted by Crippen LogP contribution is -2.05. The van der Waals surface area contributed by atoms with Crippen LogP contribution in [0.4, 0.5) is 0 Å². The van der Waals surface area contributed by atoms with Crippen molar-refractivity contribution < 1.29 is 4.79 Å². The van der Waals surface area contributed by atoms with Crippen LogP contribution in [0, 0.1) is 0 Å². The summed E-state index contributed by atoms with van der Waals surface area (Å²) in [5.74, 6) is 0.628. The molecule has 1 unspecified atom stereocenters. The minimum absolute atomic E-state index is 0.251. The predicted octanol–water partition coefficient (Wildman–Crippen LogP) is 3.47. The summed E-state index contributed by atoms with van der Waals surface area (Å²) >= 11 is 0. The third-order valence-corrected chi connectivity index (χ3v) is 3.08. The van der Waals surface area contributed by atoms with E-state index in [-0.39, 0.29) is 5.92 Å². The second kappa shape index (κ2) is 4.43. The highest BCUT2D eigenvalue weighted by Crippen LogP contribution is 2.33. The molecule has 1 aliphatic carbocycles. The maximum atomic E-state index is 11.6. The van der Waals surface area contributed by atoms with Crippen molar-refractivity contribution in [3.8, 4) is 0 Å². The van der Waals surface area contributed by atoms with Crippen LogP contribution in [0.5, 0.6) is 0 Å². The molecular formula is C14H16O. The monoisotopic (exact) mass is 200 g/mol. The molecule has 0 aromatic heterocycles. The highest BCUT2D eigenvalue weighted by atomic mass is 16.1. The van der Waals surface area contributed by atoms with E-state index >= 15 is 0 Å². The van der Waals surface area contributed by atoms with Gasteiger partial charge < -0.3 is 0 Å². The molecule has 2 rings (SSSR count). The zero-order chi connectivity index (χ0) is 10.7. The minimum atomic E-state index is 0.251. The summed E-state index contributed by atoms with van der Waals surface area (Å²) in [5, 5.41) is 0. The van der Waals surface area contributed by atoms with Crippen LogP contribution in [0.2, 0.25) is 0 Å². The fourth-order valence-electron chi connectivity index (χ4n) is 2.20. The van der Waals surface area contributed by atoms with Crippen molar-refractivity contribution in [1.29, 1.82) is 0 Å². The van der Waals surface area contributed by atoms with E-state index in [1.54, 1.807) is 0 Å². The Morgan fingerprint density at radius 3 is 2.60 bits per heavy atom. The van der Waals surface area contributed by atoms with E-state index in [4.69, 9.17) is 0 Å². The van der Waals surface area contributed by atoms with Crippen LogP contribution in [0.15, 0.2) is 42.5 Å². The third kappa shape index (κ3) is 2.35. The Morgan fingerprint density at radius 2 is 1.87 bits per heavy atom. The van der Waals surface area contributed by atoms with Gasteiger partial charge in [0, 0.05) is 18.8 Å². The number of ketones is 1. The maximum Gasteiger partial charge on any atom is 0.133 e. The van der Waals surface area contributed by atoms with Crippen molar-refractivity contribution in [3.05, 3.63) is 48.0 Å². The zero-order valence-corrected chi connectivity index (χ0v) is 8.91. The highest BCUT2D eigenvalue weighted by Gasteiger charge is 2.21. The molecule has 1 aromatic carbocycles. The van der Waals surface area contributed by atoms with Crippen LogP contribution >= 0.6 is 0 Å². The van der Waals surface area contributed by atoms with Crippen LogP contribution in [-0.2, 0) is 4.79 Å². The summed E-state index contributed by atoms with van der Waals surface area (Å²) in [6.45, 7) is 4.11. The van der Waals surface area contributed by atoms with Gasteiger partial charge in [0.05, 0.1) is 0 Å². The van der Waals surface area contributed by atoms with Crippen LogP contribution in [0.25, 0.3) is 0 Å². The molecule has 78 valence electrons. The molecular weight excluding hydrogens is 184 g/mol. The average Bonchev–Trinajstić information content (AvgIpc) is 2.42. The van der Waals surface area contributed by atoms with Gasteiger partial charge in [-0.15, -0.1) is 0 Å². The van der Waals surface area contributed by atoms with E-state index in [0.717, 1.165) is 19.3 Å². The fourth-order valence-corrected chi connectivity index (χ4v) is 2.20. The Kier molecular flexibility index (Phi) is 3.00. The smallest absolute Gasteiger partial charge is 0.133 e. The van der Waals surface area contributed by atoms with E-state index in [1.807, 2.05) is 18.2 Å². The van der Waals surface area contributed by atoms with E-state index < -0.39 is 0 Å². The maximum absolute atomic E-state index is 11.6. The van der Waals surface area contributed by atoms with Gasteiger partial charge in [0.1, 0.15) is 5.78 Å². The first-order valence-corrected chi connectivity index (χ1v) is 5.51. The molecule has 1 aliphatic rings. The van der Waals surface area contributed by atoms with E-state index in [2.05, 4.69) is 18.7 Å². The summed E-state index contributed by atoms with van der Waals surface area (Å²) in [4.78, 5) is 11.6. The summed E-state index contributed by atoms with van der Waals surface area (Å²) in [7, 11) is 0. The average molecular weight is 200 g/mol. The molecule has 1 nitrogen and oxygen atoms in total. The Labute approximate surface area is 90.8 Å². The van der Waals surface area contributed by atoms with Crippen molar-refractivity contribution in [3.63, 3.8) is 0 Å². The van der Waals surface area contributed by atoms with Crippen molar-refractivity contribution in [2.24, 2.45) is 0 Å². The van der Waals surface area contributed by atoms with Gasteiger partial charge in [0.25, 0.3) is 0 Å². The first kappa shape index (κ1) is 10.2. The van der Waals surface area contributed by atoms with E-state index in [1.165, 1.54) is 11.1 Å². The van der Waals surface area contributed by atoms with Crippen molar-refractivity contribution in [1.82, 2.24) is 0 Å². The number of rotatable bonds is 1. The van der Waals surface area contributed by atoms with Gasteiger partial charge in [-0.1, -0.05) is 42.5 Å². The Bertz CT molecular complexity index is 364. The summed E-state index contributed by atoms with van der Waals surface area (Å²) < 4.78 is 0. The zero-order valence-electron chi connectivity index (χ0n) is 8.91. The van der Waals surface area contributed by atoms with Gasteiger partial charge in [-0.2, -0.15) is 0 Å². The fraction of sp³-hybridized carbons (Fsp3) is 0.357. The van der Waals surface area contributed by atoms with Crippen LogP contribution in [-0.4, -0.2) is 5.78 Å². The molecule has 0 spiro atoms. The second-order valence-electron chi connectivity index (χ2n) is 4.22. The van der Waals surface area contributed by atoms with Gasteiger partial charge >= 0.3 is 0 Å². The third-order valence-electron chi connectivity index (χ3n) is 3.08. The molecule has 1 heteroatoms. The number of benzene rings is 1. The lowest BCUT2D eigenvalue weighted by Gasteiger charge is -2.16. The molecule has 0 N–H and O–H groups in total. The van der Waals surface area contributed by atoms with E-state index in [0.29, 0.717) is 12.2 Å². The number of carbonyl (C=O) groups excluding carboxylic acids is 1. The molecule has 0 bridgehead atoms. The first-order valence-electron chi connectivity index (χ1n) is 5.51. The lowest BCUT2D eigenvalue weighted by molar-refractivity contribution is -0.119. The SMILES string of the molecule is C=C1CCCC(=O)CC1c1ccccc1. The standard InChI is InChI=1S/C14H16O/c1-11-6-5-9-13(15)10-14(11)12-7-3-2-4-8-12/h2-4,7-8,14H,1,5-6,9-10H2. The molecule has 0 aliphatic heterocycles. The highest BCUT2D eigenvalue weighted by molar-refractivity contribution is 5.80. The van der Waals surface area contributed by atoms with Crippen molar-refractivity contribution >= 4 is 5.78 Å². The largest absolute Gasteiger partial charge is 0.300 e. The molecule has 1 saturated carbocycles. The quantitative estimate of drug-likeness (QED) is 0.501. The van der Waals surface area contributed by atoms with E-state index in [9.17, 15) is 4.79 Å². The van der Waals surface area contributed by atoms with Crippen LogP contribution in [0.1, 0.15) is 37.2 Å². The van der Waals surface area contributed by atoms with Crippen LogP contribution in [0.3, 0.4) is 0 Å². The molecule has 0 saturated heterocycles. The summed E-state index contributed by atoms with van der Waals surface area (Å²) in [6.07, 6.45) is 3.33. The van der Waals surface area contributed by atoms with Crippen LogP contribution < -0.4 is 0 Å². The number of hydrogen-bond donors (Lipinski definition) is 0. The number of Topliss-reactive ketones (excluding diaryl/α,β-unsaturated/α-hetero) is 1. The van der Waals surface area contributed by atoms with Gasteiger partial charge in [0.15, 0.2) is 0 Å². The lowest BCUT2D eigenvalue weighted by atomic mass is 9.88. The molecule has 1 atom stereocenters. The molecule has 0 radical (unpaired) electrons. The molecule has 0 heterocycles. The van der Waals surface area contributed by atoms with Gasteiger partial charge in [-0.05, 0) is 18.4 Å². The summed E-state index contributed by atoms with van der Waals surface area (Å²) in [5.41, 5.74) is 2.45. The Morgan fingerprint density at radius 1 is 1.13 bits per heavy atom. The number of hydrogen-bond acceptors (Lipinski definition) is 1. The number of allylic oxidation sites excluding steroid dienone is 1. The molecule has 15 heavy (non-hydrogen) atoms. The molecule has 0 amide bonds. The van der Waals surface area contributed by atoms with Crippen molar-refractivity contribution in [2.75, 3.05) is 0 Å². The number of carbonyl (C=O) groups is 1. The first-order chi connectivity index (χ1) is 7.27. The van der Waals surface area contributed by atoms with Crippen molar-refractivity contribution in [2.45, 2.75) is 31.6 Å². The van der Waals surface area contributed by atoms with Gasteiger partial charge in [0.2, 0.25) is 0 Å². The van der Waals surface area contributed by atoms with Gasteiger partial charge in [-0.3, -0.25) is 4.79 Å². The Hall–Kier alpha value is -1.37. The summed E-state index contributed by atoms with van der Waals surface area (Å²) in [6, 6.07) is 10.2. The second-order valence-corrected chi connectivity index (χ2v) is 4.22. The van der Waals surface area contributed by atoms with Gasteiger partial charge in [-0.25, -0.2) is 0 Å². The normalized spacial score (nSPS) is 22.5. The molecule has 1 fully saturated rings. The topological polar surface area (TPSA) is 17.1 Å². The predicted molar refractivity (Wildman–Crippen MR) is 61.8 cm³/mol. The minimum Gasteiger partial charge on any atom is -0.300 e. The molecule has 1 aromatic rings.